The van der Waals surface area contributed by atoms with Crippen LogP contribution < -0.4 is 5.73 Å². The zero-order chi connectivity index (χ0) is 10.1. The third-order valence-electron chi connectivity index (χ3n) is 1.60. The summed E-state index contributed by atoms with van der Waals surface area (Å²) in [5.41, 5.74) is 6.15. The normalized spacial score (nSPS) is 10.4. The summed E-state index contributed by atoms with van der Waals surface area (Å²) in [6.45, 7) is 0. The van der Waals surface area contributed by atoms with Gasteiger partial charge in [0.05, 0.1) is 5.56 Å². The van der Waals surface area contributed by atoms with E-state index in [0.717, 1.165) is 14.5 Å². The molecule has 0 fully saturated rings. The minimum Gasteiger partial charge on any atom is -0.404 e. The Bertz CT molecular complexity index is 469. The summed E-state index contributed by atoms with van der Waals surface area (Å²) in [4.78, 5) is 0. The van der Waals surface area contributed by atoms with E-state index in [2.05, 4.69) is 42.1 Å². The van der Waals surface area contributed by atoms with Crippen LogP contribution in [0, 0.1) is 0 Å². The molecule has 0 atom stereocenters. The van der Waals surface area contributed by atoms with E-state index in [0.29, 0.717) is 5.89 Å². The highest BCUT2D eigenvalue weighted by molar-refractivity contribution is 9.11. The lowest BCUT2D eigenvalue weighted by Crippen LogP contribution is -1.81. The molecule has 2 aromatic rings. The van der Waals surface area contributed by atoms with Crippen LogP contribution in [-0.2, 0) is 0 Å². The molecule has 0 aliphatic carbocycles. The lowest BCUT2D eigenvalue weighted by atomic mass is 10.2. The summed E-state index contributed by atoms with van der Waals surface area (Å²) < 4.78 is 6.93. The number of nitrogens with zero attached hydrogens (tertiary/aromatic N) is 2. The van der Waals surface area contributed by atoms with Crippen LogP contribution in [-0.4, -0.2) is 10.2 Å². The lowest BCUT2D eigenvalue weighted by Gasteiger charge is -1.98. The third kappa shape index (κ3) is 1.80. The van der Waals surface area contributed by atoms with E-state index < -0.39 is 0 Å². The summed E-state index contributed by atoms with van der Waals surface area (Å²) in [6, 6.07) is 5.73. The Morgan fingerprint density at radius 2 is 2.00 bits per heavy atom. The molecular weight excluding hydrogens is 314 g/mol. The lowest BCUT2D eigenvalue weighted by molar-refractivity contribution is 0.590. The Hall–Kier alpha value is -0.880. The van der Waals surface area contributed by atoms with Crippen LogP contribution in [0.1, 0.15) is 0 Å². The topological polar surface area (TPSA) is 64.9 Å². The molecule has 1 aromatic heterocycles. The van der Waals surface area contributed by atoms with Gasteiger partial charge in [-0.25, -0.2) is 0 Å². The smallest absolute Gasteiger partial charge is 0.313 e. The van der Waals surface area contributed by atoms with Crippen molar-refractivity contribution < 1.29 is 4.42 Å². The van der Waals surface area contributed by atoms with Crippen LogP contribution in [0.5, 0.6) is 0 Å². The van der Waals surface area contributed by atoms with Gasteiger partial charge in [0.2, 0.25) is 0 Å². The molecule has 72 valence electrons. The highest BCUT2D eigenvalue weighted by atomic mass is 79.9. The maximum absolute atomic E-state index is 5.34. The fourth-order valence-electron chi connectivity index (χ4n) is 1.00. The molecule has 14 heavy (non-hydrogen) atoms. The highest BCUT2D eigenvalue weighted by Gasteiger charge is 2.10. The molecule has 4 nitrogen and oxygen atoms in total. The molecule has 0 spiro atoms. The van der Waals surface area contributed by atoms with E-state index in [-0.39, 0.29) is 6.01 Å². The van der Waals surface area contributed by atoms with Crippen molar-refractivity contribution in [3.8, 4) is 11.5 Å². The zero-order valence-electron chi connectivity index (χ0n) is 6.87. The van der Waals surface area contributed by atoms with Crippen LogP contribution >= 0.6 is 31.9 Å². The van der Waals surface area contributed by atoms with Gasteiger partial charge >= 0.3 is 6.01 Å². The molecule has 6 heteroatoms. The van der Waals surface area contributed by atoms with Crippen LogP contribution in [0.2, 0.25) is 0 Å². The Morgan fingerprint density at radius 1 is 1.21 bits per heavy atom. The number of rotatable bonds is 1. The standard InChI is InChI=1S/C8H5Br2N3O/c9-4-1-2-6(10)5(3-4)7-12-13-8(11)14-7/h1-3H,(H2,11,13). The zero-order valence-corrected chi connectivity index (χ0v) is 10.0. The predicted molar refractivity (Wildman–Crippen MR) is 59.5 cm³/mol. The van der Waals surface area contributed by atoms with Gasteiger partial charge < -0.3 is 10.2 Å². The number of nitrogen functional groups attached to an aromatic ring is 1. The molecule has 0 saturated heterocycles. The van der Waals surface area contributed by atoms with Crippen molar-refractivity contribution in [3.05, 3.63) is 27.1 Å². The van der Waals surface area contributed by atoms with E-state index >= 15 is 0 Å². The quantitative estimate of drug-likeness (QED) is 0.878. The Labute approximate surface area is 96.8 Å². The number of halogens is 2. The molecule has 0 aliphatic heterocycles. The molecule has 0 bridgehead atoms. The van der Waals surface area contributed by atoms with Crippen molar-refractivity contribution in [2.75, 3.05) is 5.73 Å². The first-order chi connectivity index (χ1) is 6.66. The van der Waals surface area contributed by atoms with Gasteiger partial charge in [-0.3, -0.25) is 0 Å². The molecule has 0 unspecified atom stereocenters. The minimum atomic E-state index is 0.0619. The summed E-state index contributed by atoms with van der Waals surface area (Å²) >= 11 is 6.75. The summed E-state index contributed by atoms with van der Waals surface area (Å²) in [6.07, 6.45) is 0. The first-order valence-electron chi connectivity index (χ1n) is 3.71. The Kier molecular flexibility index (Phi) is 2.56. The molecule has 0 saturated carbocycles. The molecule has 0 radical (unpaired) electrons. The van der Waals surface area contributed by atoms with Crippen LogP contribution in [0.3, 0.4) is 0 Å². The van der Waals surface area contributed by atoms with E-state index in [9.17, 15) is 0 Å². The number of anilines is 1. The average Bonchev–Trinajstić information content (AvgIpc) is 2.56. The maximum atomic E-state index is 5.34. The fraction of sp³-hybridized carbons (Fsp3) is 0. The van der Waals surface area contributed by atoms with Gasteiger partial charge in [0.1, 0.15) is 0 Å². The molecule has 0 amide bonds. The van der Waals surface area contributed by atoms with Crippen molar-refractivity contribution in [3.63, 3.8) is 0 Å². The molecule has 2 rings (SSSR count). The van der Waals surface area contributed by atoms with Crippen molar-refractivity contribution in [2.45, 2.75) is 0 Å². The van der Waals surface area contributed by atoms with Crippen LogP contribution in [0.25, 0.3) is 11.5 Å². The van der Waals surface area contributed by atoms with Crippen molar-refractivity contribution in [1.82, 2.24) is 10.2 Å². The number of nitrogens with two attached hydrogens (primary N) is 1. The van der Waals surface area contributed by atoms with E-state index in [1.165, 1.54) is 0 Å². The van der Waals surface area contributed by atoms with Gasteiger partial charge in [-0.1, -0.05) is 21.0 Å². The predicted octanol–water partition coefficient (Wildman–Crippen LogP) is 2.84. The number of hydrogen-bond acceptors (Lipinski definition) is 4. The van der Waals surface area contributed by atoms with Gasteiger partial charge in [0.25, 0.3) is 5.89 Å². The Balaban J connectivity index is 2.55. The van der Waals surface area contributed by atoms with Crippen molar-refractivity contribution >= 4 is 37.9 Å². The van der Waals surface area contributed by atoms with E-state index in [4.69, 9.17) is 10.2 Å². The summed E-state index contributed by atoms with van der Waals surface area (Å²) in [5.74, 6) is 0.399. The molecule has 1 aromatic carbocycles. The second kappa shape index (κ2) is 3.70. The summed E-state index contributed by atoms with van der Waals surface area (Å²) in [5, 5.41) is 7.38. The molecule has 0 aliphatic rings. The number of benzene rings is 1. The highest BCUT2D eigenvalue weighted by Crippen LogP contribution is 2.30. The summed E-state index contributed by atoms with van der Waals surface area (Å²) in [7, 11) is 0. The first-order valence-corrected chi connectivity index (χ1v) is 5.30. The van der Waals surface area contributed by atoms with Crippen molar-refractivity contribution in [1.29, 1.82) is 0 Å². The molecule has 2 N–H and O–H groups in total. The van der Waals surface area contributed by atoms with Gasteiger partial charge in [-0.2, -0.15) is 0 Å². The SMILES string of the molecule is Nc1nnc(-c2cc(Br)ccc2Br)o1. The van der Waals surface area contributed by atoms with Gasteiger partial charge in [0.15, 0.2) is 0 Å². The van der Waals surface area contributed by atoms with Crippen LogP contribution in [0.15, 0.2) is 31.6 Å². The third-order valence-corrected chi connectivity index (χ3v) is 2.78. The van der Waals surface area contributed by atoms with Gasteiger partial charge in [-0.15, -0.1) is 5.10 Å². The second-order valence-electron chi connectivity index (χ2n) is 2.57. The van der Waals surface area contributed by atoms with Crippen molar-refractivity contribution in [2.24, 2.45) is 0 Å². The second-order valence-corrected chi connectivity index (χ2v) is 4.34. The maximum Gasteiger partial charge on any atom is 0.313 e. The van der Waals surface area contributed by atoms with Crippen LogP contribution in [0.4, 0.5) is 6.01 Å². The number of hydrogen-bond donors (Lipinski definition) is 1. The molecular formula is C8H5Br2N3O. The minimum absolute atomic E-state index is 0.0619. The van der Waals surface area contributed by atoms with E-state index in [1.807, 2.05) is 18.2 Å². The monoisotopic (exact) mass is 317 g/mol. The first kappa shape index (κ1) is 9.67. The average molecular weight is 319 g/mol. The molecule has 1 heterocycles. The number of aromatic nitrogens is 2. The van der Waals surface area contributed by atoms with E-state index in [1.54, 1.807) is 0 Å². The van der Waals surface area contributed by atoms with Gasteiger partial charge in [-0.05, 0) is 34.1 Å². The largest absolute Gasteiger partial charge is 0.404 e. The Morgan fingerprint density at radius 3 is 2.64 bits per heavy atom. The van der Waals surface area contributed by atoms with Gasteiger partial charge in [0, 0.05) is 8.95 Å². The fourth-order valence-corrected chi connectivity index (χ4v) is 1.78.